The number of anilines is 1. The lowest BCUT2D eigenvalue weighted by molar-refractivity contribution is -0.120. The van der Waals surface area contributed by atoms with Crippen molar-refractivity contribution in [3.05, 3.63) is 59.7 Å². The van der Waals surface area contributed by atoms with Crippen LogP contribution in [0.15, 0.2) is 48.5 Å². The number of amides is 1. The molecule has 0 saturated heterocycles. The Bertz CT molecular complexity index is 750. The van der Waals surface area contributed by atoms with E-state index in [1.54, 1.807) is 24.3 Å². The summed E-state index contributed by atoms with van der Waals surface area (Å²) in [7, 11) is 1.90. The first-order chi connectivity index (χ1) is 12.0. The van der Waals surface area contributed by atoms with Gasteiger partial charge in [-0.2, -0.15) is 5.26 Å². The monoisotopic (exact) mass is 337 g/mol. The molecule has 0 unspecified atom stereocenters. The van der Waals surface area contributed by atoms with Crippen LogP contribution < -0.4 is 10.1 Å². The summed E-state index contributed by atoms with van der Waals surface area (Å²) in [5.41, 5.74) is 2.09. The summed E-state index contributed by atoms with van der Waals surface area (Å²) in [5, 5.41) is 11.9. The number of carbonyl (C=O) groups is 1. The third-order valence-corrected chi connectivity index (χ3v) is 4.01. The molecule has 2 rings (SSSR count). The van der Waals surface area contributed by atoms with E-state index < -0.39 is 0 Å². The Morgan fingerprint density at radius 2 is 1.92 bits per heavy atom. The Morgan fingerprint density at radius 3 is 2.56 bits per heavy atom. The molecule has 5 nitrogen and oxygen atoms in total. The van der Waals surface area contributed by atoms with Gasteiger partial charge in [-0.15, -0.1) is 0 Å². The van der Waals surface area contributed by atoms with Crippen LogP contribution in [-0.2, 0) is 11.3 Å². The summed E-state index contributed by atoms with van der Waals surface area (Å²) in [6, 6.07) is 16.6. The van der Waals surface area contributed by atoms with Crippen molar-refractivity contribution in [2.45, 2.75) is 26.4 Å². The van der Waals surface area contributed by atoms with E-state index in [0.717, 1.165) is 11.3 Å². The van der Waals surface area contributed by atoms with Gasteiger partial charge in [0.2, 0.25) is 5.91 Å². The lowest BCUT2D eigenvalue weighted by atomic mass is 10.1. The van der Waals surface area contributed by atoms with E-state index in [1.807, 2.05) is 50.1 Å². The molecule has 2 aromatic carbocycles. The second kappa shape index (κ2) is 8.86. The molecule has 0 aliphatic rings. The molecular formula is C20H23N3O2. The van der Waals surface area contributed by atoms with Gasteiger partial charge in [-0.05, 0) is 50.7 Å². The largest absolute Gasteiger partial charge is 0.494 e. The molecular weight excluding hydrogens is 314 g/mol. The zero-order chi connectivity index (χ0) is 18.2. The second-order valence-corrected chi connectivity index (χ2v) is 5.81. The standard InChI is InChI=1S/C20H23N3O2/c1-4-25-18-11-9-16(10-12-18)14-23(3)15(2)20(24)22-19-8-6-5-7-17(19)13-21/h5-12,15H,4,14H2,1-3H3,(H,22,24)/t15-/m1/s1. The number of nitrogens with zero attached hydrogens (tertiary/aromatic N) is 2. The first kappa shape index (κ1) is 18.5. The van der Waals surface area contributed by atoms with Gasteiger partial charge in [-0.1, -0.05) is 24.3 Å². The molecule has 1 N–H and O–H groups in total. The number of nitriles is 1. The normalized spacial score (nSPS) is 11.6. The fourth-order valence-corrected chi connectivity index (χ4v) is 2.41. The van der Waals surface area contributed by atoms with Crippen molar-refractivity contribution in [3.8, 4) is 11.8 Å². The molecule has 0 spiro atoms. The minimum atomic E-state index is -0.335. The molecule has 2 aromatic rings. The summed E-state index contributed by atoms with van der Waals surface area (Å²) in [6.07, 6.45) is 0. The molecule has 25 heavy (non-hydrogen) atoms. The Hall–Kier alpha value is -2.84. The number of hydrogen-bond acceptors (Lipinski definition) is 4. The summed E-state index contributed by atoms with van der Waals surface area (Å²) in [4.78, 5) is 14.4. The smallest absolute Gasteiger partial charge is 0.241 e. The molecule has 130 valence electrons. The van der Waals surface area contributed by atoms with Crippen molar-refractivity contribution in [2.24, 2.45) is 0 Å². The van der Waals surface area contributed by atoms with E-state index >= 15 is 0 Å². The molecule has 0 radical (unpaired) electrons. The van der Waals surface area contributed by atoms with Crippen molar-refractivity contribution in [1.82, 2.24) is 4.90 Å². The minimum absolute atomic E-state index is 0.142. The highest BCUT2D eigenvalue weighted by Crippen LogP contribution is 2.16. The van der Waals surface area contributed by atoms with Gasteiger partial charge in [-0.3, -0.25) is 9.69 Å². The van der Waals surface area contributed by atoms with Crippen molar-refractivity contribution in [3.63, 3.8) is 0 Å². The fourth-order valence-electron chi connectivity index (χ4n) is 2.41. The van der Waals surface area contributed by atoms with Crippen molar-refractivity contribution in [1.29, 1.82) is 5.26 Å². The first-order valence-corrected chi connectivity index (χ1v) is 8.27. The molecule has 0 aliphatic carbocycles. The van der Waals surface area contributed by atoms with Gasteiger partial charge in [0.05, 0.1) is 23.9 Å². The predicted octanol–water partition coefficient (Wildman–Crippen LogP) is 3.42. The third-order valence-electron chi connectivity index (χ3n) is 4.01. The number of ether oxygens (including phenoxy) is 1. The van der Waals surface area contributed by atoms with Crippen LogP contribution in [0.3, 0.4) is 0 Å². The number of rotatable bonds is 7. The van der Waals surface area contributed by atoms with Gasteiger partial charge in [0.15, 0.2) is 0 Å². The highest BCUT2D eigenvalue weighted by molar-refractivity contribution is 5.95. The van der Waals surface area contributed by atoms with Crippen LogP contribution in [0.4, 0.5) is 5.69 Å². The van der Waals surface area contributed by atoms with Gasteiger partial charge >= 0.3 is 0 Å². The average molecular weight is 337 g/mol. The van der Waals surface area contributed by atoms with Gasteiger partial charge < -0.3 is 10.1 Å². The zero-order valence-corrected chi connectivity index (χ0v) is 14.8. The van der Waals surface area contributed by atoms with Crippen LogP contribution in [0.2, 0.25) is 0 Å². The lowest BCUT2D eigenvalue weighted by Gasteiger charge is -2.24. The van der Waals surface area contributed by atoms with Crippen molar-refractivity contribution >= 4 is 11.6 Å². The van der Waals surface area contributed by atoms with Gasteiger partial charge in [0.25, 0.3) is 0 Å². The Kier molecular flexibility index (Phi) is 6.55. The lowest BCUT2D eigenvalue weighted by Crippen LogP contribution is -2.39. The molecule has 0 saturated carbocycles. The third kappa shape index (κ3) is 5.07. The van der Waals surface area contributed by atoms with Crippen molar-refractivity contribution in [2.75, 3.05) is 19.0 Å². The van der Waals surface area contributed by atoms with Crippen LogP contribution in [0.25, 0.3) is 0 Å². The summed E-state index contributed by atoms with van der Waals surface area (Å²) >= 11 is 0. The molecule has 5 heteroatoms. The van der Waals surface area contributed by atoms with Crippen molar-refractivity contribution < 1.29 is 9.53 Å². The number of carbonyl (C=O) groups excluding carboxylic acids is 1. The maximum Gasteiger partial charge on any atom is 0.241 e. The molecule has 0 heterocycles. The van der Waals surface area contributed by atoms with Crippen LogP contribution in [0.1, 0.15) is 25.0 Å². The van der Waals surface area contributed by atoms with E-state index in [0.29, 0.717) is 24.4 Å². The number of para-hydroxylation sites is 1. The maximum atomic E-state index is 12.5. The molecule has 1 amide bonds. The molecule has 0 fully saturated rings. The highest BCUT2D eigenvalue weighted by Gasteiger charge is 2.19. The van der Waals surface area contributed by atoms with E-state index in [4.69, 9.17) is 10.00 Å². The first-order valence-electron chi connectivity index (χ1n) is 8.27. The molecule has 0 aliphatic heterocycles. The van der Waals surface area contributed by atoms with Gasteiger partial charge in [-0.25, -0.2) is 0 Å². The summed E-state index contributed by atoms with van der Waals surface area (Å²) in [5.74, 6) is 0.698. The average Bonchev–Trinajstić information content (AvgIpc) is 2.63. The second-order valence-electron chi connectivity index (χ2n) is 5.81. The molecule has 0 aromatic heterocycles. The number of benzene rings is 2. The fraction of sp³-hybridized carbons (Fsp3) is 0.300. The van der Waals surface area contributed by atoms with Crippen LogP contribution in [-0.4, -0.2) is 30.5 Å². The van der Waals surface area contributed by atoms with Crippen LogP contribution in [0, 0.1) is 11.3 Å². The Balaban J connectivity index is 1.97. The molecule has 0 bridgehead atoms. The SMILES string of the molecule is CCOc1ccc(CN(C)[C@H](C)C(=O)Nc2ccccc2C#N)cc1. The number of nitrogens with one attached hydrogen (secondary N) is 1. The summed E-state index contributed by atoms with van der Waals surface area (Å²) < 4.78 is 5.44. The maximum absolute atomic E-state index is 12.5. The summed E-state index contributed by atoms with van der Waals surface area (Å²) in [6.45, 7) is 5.08. The van der Waals surface area contributed by atoms with Crippen LogP contribution >= 0.6 is 0 Å². The van der Waals surface area contributed by atoms with Crippen LogP contribution in [0.5, 0.6) is 5.75 Å². The van der Waals surface area contributed by atoms with Gasteiger partial charge in [0.1, 0.15) is 11.8 Å². The number of likely N-dealkylation sites (N-methyl/N-ethyl adjacent to an activating group) is 1. The zero-order valence-electron chi connectivity index (χ0n) is 14.8. The van der Waals surface area contributed by atoms with Gasteiger partial charge in [0, 0.05) is 6.54 Å². The van der Waals surface area contributed by atoms with E-state index in [1.165, 1.54) is 0 Å². The topological polar surface area (TPSA) is 65.4 Å². The highest BCUT2D eigenvalue weighted by atomic mass is 16.5. The van der Waals surface area contributed by atoms with E-state index in [9.17, 15) is 4.79 Å². The predicted molar refractivity (Wildman–Crippen MR) is 98.3 cm³/mol. The van der Waals surface area contributed by atoms with E-state index in [-0.39, 0.29) is 11.9 Å². The quantitative estimate of drug-likeness (QED) is 0.841. The minimum Gasteiger partial charge on any atom is -0.494 e. The Labute approximate surface area is 148 Å². The number of hydrogen-bond donors (Lipinski definition) is 1. The van der Waals surface area contributed by atoms with E-state index in [2.05, 4.69) is 11.4 Å². The Morgan fingerprint density at radius 1 is 1.24 bits per heavy atom. The molecule has 1 atom stereocenters.